The van der Waals surface area contributed by atoms with Gasteiger partial charge in [0.2, 0.25) is 0 Å². The molecule has 0 amide bonds. The van der Waals surface area contributed by atoms with E-state index in [1.54, 1.807) is 0 Å². The van der Waals surface area contributed by atoms with E-state index in [0.717, 1.165) is 45.3 Å². The molecule has 2 heteroatoms. The first-order valence-electron chi connectivity index (χ1n) is 8.40. The van der Waals surface area contributed by atoms with E-state index in [0.29, 0.717) is 5.78 Å². The summed E-state index contributed by atoms with van der Waals surface area (Å²) in [6.07, 6.45) is 5.61. The second kappa shape index (κ2) is 5.92. The average Bonchev–Trinajstić information content (AvgIpc) is 2.67. The van der Waals surface area contributed by atoms with Gasteiger partial charge in [0.1, 0.15) is 5.78 Å². The van der Waals surface area contributed by atoms with Crippen molar-refractivity contribution < 1.29 is 4.79 Å². The molecule has 0 saturated heterocycles. The van der Waals surface area contributed by atoms with Crippen LogP contribution in [0.15, 0.2) is 24.3 Å². The minimum absolute atomic E-state index is 0.0995. The number of carbonyl (C=O) groups excluding carboxylic acids is 1. The van der Waals surface area contributed by atoms with E-state index in [-0.39, 0.29) is 11.3 Å². The van der Waals surface area contributed by atoms with Gasteiger partial charge in [-0.3, -0.25) is 4.79 Å². The van der Waals surface area contributed by atoms with Crippen LogP contribution in [-0.2, 0) is 17.6 Å². The predicted octanol–water partition coefficient (Wildman–Crippen LogP) is 3.48. The van der Waals surface area contributed by atoms with Crippen LogP contribution in [0.4, 0.5) is 0 Å². The fourth-order valence-corrected chi connectivity index (χ4v) is 3.98. The number of fused-ring (bicyclic) bond motifs is 1. The summed E-state index contributed by atoms with van der Waals surface area (Å²) < 4.78 is 0. The number of hydrogen-bond acceptors (Lipinski definition) is 2. The first kappa shape index (κ1) is 14.8. The largest absolute Gasteiger partial charge is 0.302 e. The van der Waals surface area contributed by atoms with E-state index < -0.39 is 0 Å². The van der Waals surface area contributed by atoms with E-state index >= 15 is 0 Å². The Hall–Kier alpha value is -1.15. The second-order valence-corrected chi connectivity index (χ2v) is 7.41. The third kappa shape index (κ3) is 3.21. The summed E-state index contributed by atoms with van der Waals surface area (Å²) in [4.78, 5) is 15.1. The Labute approximate surface area is 128 Å². The van der Waals surface area contributed by atoms with Crippen LogP contribution in [0.5, 0.6) is 0 Å². The molecule has 1 aliphatic carbocycles. The summed E-state index contributed by atoms with van der Waals surface area (Å²) in [5.41, 5.74) is 2.89. The monoisotopic (exact) mass is 285 g/mol. The van der Waals surface area contributed by atoms with Gasteiger partial charge in [0, 0.05) is 31.0 Å². The molecule has 114 valence electrons. The number of nitrogens with zero attached hydrogens (tertiary/aromatic N) is 1. The zero-order valence-corrected chi connectivity index (χ0v) is 13.4. The maximum Gasteiger partial charge on any atom is 0.142 e. The zero-order valence-electron chi connectivity index (χ0n) is 13.4. The van der Waals surface area contributed by atoms with Crippen LogP contribution in [-0.4, -0.2) is 30.3 Å². The highest BCUT2D eigenvalue weighted by molar-refractivity contribution is 5.87. The lowest BCUT2D eigenvalue weighted by Crippen LogP contribution is -2.42. The molecule has 1 fully saturated rings. The topological polar surface area (TPSA) is 20.3 Å². The number of benzene rings is 1. The van der Waals surface area contributed by atoms with E-state index in [2.05, 4.69) is 43.0 Å². The standard InChI is InChI=1S/C19H27NO/c1-19(2)11-5-8-17(18(19)21)14-20-12-9-15-6-3-4-7-16(15)10-13-20/h3-4,6-7,17H,5,8-14H2,1-2H3. The lowest BCUT2D eigenvalue weighted by Gasteiger charge is -2.36. The molecule has 0 spiro atoms. The van der Waals surface area contributed by atoms with Crippen molar-refractivity contribution in [3.05, 3.63) is 35.4 Å². The van der Waals surface area contributed by atoms with Crippen LogP contribution in [0, 0.1) is 11.3 Å². The number of carbonyl (C=O) groups is 1. The molecule has 1 unspecified atom stereocenters. The molecule has 0 radical (unpaired) electrons. The fourth-order valence-electron chi connectivity index (χ4n) is 3.98. The first-order valence-corrected chi connectivity index (χ1v) is 8.40. The first-order chi connectivity index (χ1) is 10.1. The van der Waals surface area contributed by atoms with E-state index in [4.69, 9.17) is 0 Å². The van der Waals surface area contributed by atoms with Gasteiger partial charge < -0.3 is 4.90 Å². The lowest BCUT2D eigenvalue weighted by atomic mass is 9.71. The zero-order chi connectivity index (χ0) is 14.9. The highest BCUT2D eigenvalue weighted by Gasteiger charge is 2.37. The van der Waals surface area contributed by atoms with Crippen molar-refractivity contribution in [1.29, 1.82) is 0 Å². The van der Waals surface area contributed by atoms with E-state index in [1.807, 2.05) is 0 Å². The Morgan fingerprint density at radius 1 is 1.14 bits per heavy atom. The molecule has 1 saturated carbocycles. The van der Waals surface area contributed by atoms with Crippen LogP contribution in [0.2, 0.25) is 0 Å². The van der Waals surface area contributed by atoms with Gasteiger partial charge in [0.25, 0.3) is 0 Å². The molecule has 1 aliphatic heterocycles. The van der Waals surface area contributed by atoms with Gasteiger partial charge in [-0.15, -0.1) is 0 Å². The normalized spacial score (nSPS) is 26.2. The molecule has 1 aromatic rings. The summed E-state index contributed by atoms with van der Waals surface area (Å²) in [5.74, 6) is 0.755. The minimum atomic E-state index is -0.0995. The van der Waals surface area contributed by atoms with Crippen molar-refractivity contribution in [1.82, 2.24) is 4.90 Å². The van der Waals surface area contributed by atoms with Gasteiger partial charge in [0.15, 0.2) is 0 Å². The summed E-state index contributed by atoms with van der Waals surface area (Å²) in [6, 6.07) is 8.80. The summed E-state index contributed by atoms with van der Waals surface area (Å²) in [6.45, 7) is 7.41. The van der Waals surface area contributed by atoms with Crippen LogP contribution in [0.3, 0.4) is 0 Å². The lowest BCUT2D eigenvalue weighted by molar-refractivity contribution is -0.135. The van der Waals surface area contributed by atoms with Crippen molar-refractivity contribution >= 4 is 5.78 Å². The van der Waals surface area contributed by atoms with Gasteiger partial charge >= 0.3 is 0 Å². The van der Waals surface area contributed by atoms with Crippen LogP contribution in [0.25, 0.3) is 0 Å². The van der Waals surface area contributed by atoms with Crippen molar-refractivity contribution in [2.75, 3.05) is 19.6 Å². The Balaban J connectivity index is 1.63. The van der Waals surface area contributed by atoms with Gasteiger partial charge in [-0.2, -0.15) is 0 Å². The Morgan fingerprint density at radius 2 is 1.76 bits per heavy atom. The third-order valence-electron chi connectivity index (χ3n) is 5.38. The molecule has 3 rings (SSSR count). The summed E-state index contributed by atoms with van der Waals surface area (Å²) in [5, 5.41) is 0. The molecular weight excluding hydrogens is 258 g/mol. The Morgan fingerprint density at radius 3 is 2.38 bits per heavy atom. The molecule has 0 aromatic heterocycles. The highest BCUT2D eigenvalue weighted by atomic mass is 16.1. The molecule has 2 aliphatic rings. The Bertz CT molecular complexity index is 493. The van der Waals surface area contributed by atoms with E-state index in [9.17, 15) is 4.79 Å². The molecule has 1 heterocycles. The summed E-state index contributed by atoms with van der Waals surface area (Å²) in [7, 11) is 0. The molecule has 0 bridgehead atoms. The fraction of sp³-hybridized carbons (Fsp3) is 0.632. The van der Waals surface area contributed by atoms with Gasteiger partial charge in [-0.25, -0.2) is 0 Å². The number of rotatable bonds is 2. The third-order valence-corrected chi connectivity index (χ3v) is 5.38. The van der Waals surface area contributed by atoms with Crippen LogP contribution >= 0.6 is 0 Å². The minimum Gasteiger partial charge on any atom is -0.302 e. The van der Waals surface area contributed by atoms with Crippen molar-refractivity contribution in [2.24, 2.45) is 11.3 Å². The Kier molecular flexibility index (Phi) is 4.17. The molecule has 1 atom stereocenters. The van der Waals surface area contributed by atoms with Gasteiger partial charge in [-0.05, 0) is 36.8 Å². The van der Waals surface area contributed by atoms with Crippen molar-refractivity contribution in [3.8, 4) is 0 Å². The number of Topliss-reactive ketones (excluding diaryl/α,β-unsaturated/α-hetero) is 1. The second-order valence-electron chi connectivity index (χ2n) is 7.41. The molecule has 2 nitrogen and oxygen atoms in total. The van der Waals surface area contributed by atoms with Crippen molar-refractivity contribution in [3.63, 3.8) is 0 Å². The SMILES string of the molecule is CC1(C)CCCC(CN2CCc3ccccc3CC2)C1=O. The highest BCUT2D eigenvalue weighted by Crippen LogP contribution is 2.35. The number of ketones is 1. The average molecular weight is 285 g/mol. The maximum atomic E-state index is 12.6. The van der Waals surface area contributed by atoms with Crippen LogP contribution < -0.4 is 0 Å². The quantitative estimate of drug-likeness (QED) is 0.829. The predicted molar refractivity (Wildman–Crippen MR) is 86.4 cm³/mol. The summed E-state index contributed by atoms with van der Waals surface area (Å²) >= 11 is 0. The van der Waals surface area contributed by atoms with Gasteiger partial charge in [-0.1, -0.05) is 44.5 Å². The maximum absolute atomic E-state index is 12.6. The van der Waals surface area contributed by atoms with Crippen molar-refractivity contribution in [2.45, 2.75) is 46.0 Å². The molecule has 21 heavy (non-hydrogen) atoms. The molecule has 0 N–H and O–H groups in total. The molecular formula is C19H27NO. The number of hydrogen-bond donors (Lipinski definition) is 0. The van der Waals surface area contributed by atoms with Gasteiger partial charge in [0.05, 0.1) is 0 Å². The smallest absolute Gasteiger partial charge is 0.142 e. The van der Waals surface area contributed by atoms with Crippen LogP contribution in [0.1, 0.15) is 44.2 Å². The van der Waals surface area contributed by atoms with E-state index in [1.165, 1.54) is 17.5 Å². The molecule has 1 aromatic carbocycles.